The number of nitrogens with two attached hydrogens (primary N) is 1. The number of hydrogen-bond acceptors (Lipinski definition) is 2. The Morgan fingerprint density at radius 2 is 2.15 bits per heavy atom. The summed E-state index contributed by atoms with van der Waals surface area (Å²) < 4.78 is 0. The zero-order valence-electron chi connectivity index (χ0n) is 6.74. The van der Waals surface area contributed by atoms with Gasteiger partial charge in [0, 0.05) is 17.3 Å². The highest BCUT2D eigenvalue weighted by molar-refractivity contribution is 6.05. The Labute approximate surface area is 74.0 Å². The molecule has 2 rings (SSSR count). The van der Waals surface area contributed by atoms with Crippen molar-refractivity contribution in [1.29, 1.82) is 0 Å². The summed E-state index contributed by atoms with van der Waals surface area (Å²) in [5.41, 5.74) is 7.06. The largest absolute Gasteiger partial charge is 0.478 e. The molecule has 0 saturated heterocycles. The fraction of sp³-hybridized carbons (Fsp3) is 0. The Morgan fingerprint density at radius 3 is 2.85 bits per heavy atom. The molecule has 0 aliphatic carbocycles. The van der Waals surface area contributed by atoms with Crippen LogP contribution in [0.25, 0.3) is 10.9 Å². The second-order valence-electron chi connectivity index (χ2n) is 2.77. The average molecular weight is 176 g/mol. The fourth-order valence-corrected chi connectivity index (χ4v) is 1.36. The highest BCUT2D eigenvalue weighted by atomic mass is 16.4. The number of H-pyrrole nitrogens is 1. The SMILES string of the molecule is Nc1ccc(C(=O)O)c2[nH]ccc12. The average Bonchev–Trinajstić information content (AvgIpc) is 2.53. The van der Waals surface area contributed by atoms with Crippen molar-refractivity contribution in [2.45, 2.75) is 0 Å². The number of hydrogen-bond donors (Lipinski definition) is 3. The van der Waals surface area contributed by atoms with E-state index in [1.54, 1.807) is 18.3 Å². The van der Waals surface area contributed by atoms with Crippen molar-refractivity contribution < 1.29 is 9.90 Å². The van der Waals surface area contributed by atoms with Gasteiger partial charge < -0.3 is 15.8 Å². The molecule has 1 aromatic heterocycles. The molecule has 4 N–H and O–H groups in total. The second kappa shape index (κ2) is 2.52. The van der Waals surface area contributed by atoms with Crippen LogP contribution >= 0.6 is 0 Å². The van der Waals surface area contributed by atoms with Crippen molar-refractivity contribution in [3.8, 4) is 0 Å². The first-order chi connectivity index (χ1) is 6.20. The molecule has 2 aromatic rings. The van der Waals surface area contributed by atoms with Gasteiger partial charge in [-0.15, -0.1) is 0 Å². The number of nitrogen functional groups attached to an aromatic ring is 1. The number of aromatic nitrogens is 1. The summed E-state index contributed by atoms with van der Waals surface area (Å²) >= 11 is 0. The number of anilines is 1. The van der Waals surface area contributed by atoms with E-state index in [0.717, 1.165) is 5.39 Å². The first-order valence-electron chi connectivity index (χ1n) is 3.79. The summed E-state index contributed by atoms with van der Waals surface area (Å²) in [4.78, 5) is 13.6. The van der Waals surface area contributed by atoms with Gasteiger partial charge in [0.25, 0.3) is 0 Å². The van der Waals surface area contributed by atoms with Crippen LogP contribution in [0.5, 0.6) is 0 Å². The van der Waals surface area contributed by atoms with Crippen molar-refractivity contribution in [2.75, 3.05) is 5.73 Å². The zero-order chi connectivity index (χ0) is 9.42. The Bertz CT molecular complexity index is 473. The molecule has 0 saturated carbocycles. The van der Waals surface area contributed by atoms with Gasteiger partial charge in [-0.2, -0.15) is 0 Å². The molecule has 0 aliphatic rings. The van der Waals surface area contributed by atoms with E-state index in [0.29, 0.717) is 11.2 Å². The van der Waals surface area contributed by atoms with Gasteiger partial charge in [0.1, 0.15) is 0 Å². The predicted molar refractivity (Wildman–Crippen MR) is 49.7 cm³/mol. The molecule has 0 aliphatic heterocycles. The molecule has 4 heteroatoms. The molecule has 66 valence electrons. The molecule has 1 heterocycles. The molecule has 4 nitrogen and oxygen atoms in total. The minimum Gasteiger partial charge on any atom is -0.478 e. The lowest BCUT2D eigenvalue weighted by atomic mass is 10.1. The number of fused-ring (bicyclic) bond motifs is 1. The van der Waals surface area contributed by atoms with E-state index in [2.05, 4.69) is 4.98 Å². The van der Waals surface area contributed by atoms with Gasteiger partial charge in [-0.25, -0.2) is 4.79 Å². The quantitative estimate of drug-likeness (QED) is 0.575. The van der Waals surface area contributed by atoms with Crippen LogP contribution in [0.2, 0.25) is 0 Å². The predicted octanol–water partition coefficient (Wildman–Crippen LogP) is 1.45. The van der Waals surface area contributed by atoms with Crippen LogP contribution in [0.4, 0.5) is 5.69 Å². The summed E-state index contributed by atoms with van der Waals surface area (Å²) in [5.74, 6) is -0.951. The van der Waals surface area contributed by atoms with Crippen molar-refractivity contribution >= 4 is 22.6 Å². The number of aromatic carboxylic acids is 1. The van der Waals surface area contributed by atoms with Crippen LogP contribution in [0.15, 0.2) is 24.4 Å². The lowest BCUT2D eigenvalue weighted by Crippen LogP contribution is -1.98. The Kier molecular flexibility index (Phi) is 1.48. The Morgan fingerprint density at radius 1 is 1.38 bits per heavy atom. The van der Waals surface area contributed by atoms with E-state index in [-0.39, 0.29) is 5.56 Å². The van der Waals surface area contributed by atoms with Crippen molar-refractivity contribution in [1.82, 2.24) is 4.98 Å². The number of carboxylic acids is 1. The van der Waals surface area contributed by atoms with Crippen molar-refractivity contribution in [3.63, 3.8) is 0 Å². The number of rotatable bonds is 1. The van der Waals surface area contributed by atoms with Gasteiger partial charge in [-0.1, -0.05) is 0 Å². The van der Waals surface area contributed by atoms with Crippen LogP contribution in [0, 0.1) is 0 Å². The third kappa shape index (κ3) is 1.03. The van der Waals surface area contributed by atoms with E-state index >= 15 is 0 Å². The van der Waals surface area contributed by atoms with Crippen LogP contribution in [-0.4, -0.2) is 16.1 Å². The standard InChI is InChI=1S/C9H8N2O2/c10-7-2-1-6(9(12)13)8-5(7)3-4-11-8/h1-4,11H,10H2,(H,12,13). The molecular weight excluding hydrogens is 168 g/mol. The van der Waals surface area contributed by atoms with Crippen molar-refractivity contribution in [2.24, 2.45) is 0 Å². The van der Waals surface area contributed by atoms with Gasteiger partial charge in [0.05, 0.1) is 11.1 Å². The van der Waals surface area contributed by atoms with E-state index in [1.807, 2.05) is 0 Å². The zero-order valence-corrected chi connectivity index (χ0v) is 6.74. The highest BCUT2D eigenvalue weighted by Crippen LogP contribution is 2.23. The normalized spacial score (nSPS) is 10.5. The fourth-order valence-electron chi connectivity index (χ4n) is 1.36. The summed E-state index contributed by atoms with van der Waals surface area (Å²) in [6.07, 6.45) is 1.67. The third-order valence-corrected chi connectivity index (χ3v) is 1.99. The molecule has 0 amide bonds. The molecule has 0 atom stereocenters. The Balaban J connectivity index is 2.86. The summed E-state index contributed by atoms with van der Waals surface area (Å²) in [6.45, 7) is 0. The molecule has 0 bridgehead atoms. The van der Waals surface area contributed by atoms with Crippen molar-refractivity contribution in [3.05, 3.63) is 30.0 Å². The monoisotopic (exact) mass is 176 g/mol. The summed E-state index contributed by atoms with van der Waals surface area (Å²) in [6, 6.07) is 4.85. The van der Waals surface area contributed by atoms with Crippen LogP contribution in [-0.2, 0) is 0 Å². The molecule has 1 aromatic carbocycles. The van der Waals surface area contributed by atoms with Crippen LogP contribution < -0.4 is 5.73 Å². The maximum absolute atomic E-state index is 10.8. The lowest BCUT2D eigenvalue weighted by Gasteiger charge is -1.99. The van der Waals surface area contributed by atoms with E-state index in [1.165, 1.54) is 6.07 Å². The number of aromatic amines is 1. The number of carbonyl (C=O) groups is 1. The number of benzene rings is 1. The molecular formula is C9H8N2O2. The minimum atomic E-state index is -0.951. The molecule has 0 unspecified atom stereocenters. The molecule has 0 radical (unpaired) electrons. The number of carboxylic acid groups (broad SMARTS) is 1. The lowest BCUT2D eigenvalue weighted by molar-refractivity contribution is 0.0699. The van der Waals surface area contributed by atoms with E-state index in [4.69, 9.17) is 10.8 Å². The molecule has 0 spiro atoms. The Hall–Kier alpha value is -1.97. The maximum atomic E-state index is 10.8. The first-order valence-corrected chi connectivity index (χ1v) is 3.79. The van der Waals surface area contributed by atoms with Gasteiger partial charge in [0.2, 0.25) is 0 Å². The number of nitrogens with one attached hydrogen (secondary N) is 1. The topological polar surface area (TPSA) is 79.1 Å². The second-order valence-corrected chi connectivity index (χ2v) is 2.77. The first kappa shape index (κ1) is 7.67. The molecule has 13 heavy (non-hydrogen) atoms. The van der Waals surface area contributed by atoms with E-state index in [9.17, 15) is 4.79 Å². The summed E-state index contributed by atoms with van der Waals surface area (Å²) in [5, 5.41) is 9.58. The van der Waals surface area contributed by atoms with Gasteiger partial charge in [-0.3, -0.25) is 0 Å². The minimum absolute atomic E-state index is 0.245. The third-order valence-electron chi connectivity index (χ3n) is 1.99. The maximum Gasteiger partial charge on any atom is 0.337 e. The van der Waals surface area contributed by atoms with Gasteiger partial charge in [0.15, 0.2) is 0 Å². The van der Waals surface area contributed by atoms with Gasteiger partial charge in [-0.05, 0) is 18.2 Å². The van der Waals surface area contributed by atoms with Gasteiger partial charge >= 0.3 is 5.97 Å². The molecule has 0 fully saturated rings. The van der Waals surface area contributed by atoms with Crippen LogP contribution in [0.1, 0.15) is 10.4 Å². The van der Waals surface area contributed by atoms with E-state index < -0.39 is 5.97 Å². The van der Waals surface area contributed by atoms with Crippen LogP contribution in [0.3, 0.4) is 0 Å². The summed E-state index contributed by atoms with van der Waals surface area (Å²) in [7, 11) is 0. The highest BCUT2D eigenvalue weighted by Gasteiger charge is 2.10. The smallest absolute Gasteiger partial charge is 0.337 e.